The van der Waals surface area contributed by atoms with Crippen LogP contribution in [0.1, 0.15) is 54.2 Å². The van der Waals surface area contributed by atoms with Crippen molar-refractivity contribution in [1.82, 2.24) is 15.1 Å². The Kier molecular flexibility index (Phi) is 12.2. The summed E-state index contributed by atoms with van der Waals surface area (Å²) >= 11 is 5.57. The number of thiol groups is 1. The van der Waals surface area contributed by atoms with Gasteiger partial charge in [0, 0.05) is 56.8 Å². The van der Waals surface area contributed by atoms with Gasteiger partial charge in [-0.1, -0.05) is 127 Å². The Morgan fingerprint density at radius 1 is 0.774 bits per heavy atom. The maximum absolute atomic E-state index is 14.1. The molecule has 5 aromatic rings. The third-order valence-corrected chi connectivity index (χ3v) is 11.0. The largest absolute Gasteiger partial charge is 0.444 e. The standard InChI is InChI=1S/C45H51N3O4S/c1-44(2,3)52-43(50)46-40(41(53)45(34-19-8-5-9-20-34,35-21-10-6-11-22-35)36-23-12-7-13-24-36)32-47-28-29-48(31-37(47)27-30-51-4)42(49)39-26-16-18-33-17-14-15-25-38(33)39/h5-26,37,40-41,53H,27-32H2,1-4H3,(H,46,50)/t37-,40?,41?/m0/s1. The zero-order chi connectivity index (χ0) is 37.4. The van der Waals surface area contributed by atoms with Crippen molar-refractivity contribution in [2.24, 2.45) is 0 Å². The molecule has 0 radical (unpaired) electrons. The fourth-order valence-corrected chi connectivity index (χ4v) is 8.40. The van der Waals surface area contributed by atoms with E-state index < -0.39 is 28.4 Å². The highest BCUT2D eigenvalue weighted by atomic mass is 32.1. The predicted octanol–water partition coefficient (Wildman–Crippen LogP) is 8.23. The second-order valence-corrected chi connectivity index (χ2v) is 15.4. The van der Waals surface area contributed by atoms with Crippen LogP contribution in [-0.4, -0.2) is 84.6 Å². The second kappa shape index (κ2) is 17.0. The van der Waals surface area contributed by atoms with Crippen molar-refractivity contribution < 1.29 is 19.1 Å². The number of nitrogens with one attached hydrogen (secondary N) is 1. The van der Waals surface area contributed by atoms with Gasteiger partial charge in [0.1, 0.15) is 5.60 Å². The van der Waals surface area contributed by atoms with E-state index in [9.17, 15) is 9.59 Å². The van der Waals surface area contributed by atoms with Crippen LogP contribution in [0.2, 0.25) is 0 Å². The van der Waals surface area contributed by atoms with E-state index in [1.807, 2.05) is 86.3 Å². The number of carbonyl (C=O) groups is 2. The molecule has 6 rings (SSSR count). The smallest absolute Gasteiger partial charge is 0.407 e. The monoisotopic (exact) mass is 729 g/mol. The van der Waals surface area contributed by atoms with Crippen molar-refractivity contribution in [2.75, 3.05) is 39.9 Å². The lowest BCUT2D eigenvalue weighted by Crippen LogP contribution is -2.62. The van der Waals surface area contributed by atoms with Gasteiger partial charge >= 0.3 is 6.09 Å². The quantitative estimate of drug-likeness (QED) is 0.100. The van der Waals surface area contributed by atoms with Crippen LogP contribution in [0.15, 0.2) is 133 Å². The first-order valence-electron chi connectivity index (χ1n) is 18.5. The lowest BCUT2D eigenvalue weighted by atomic mass is 9.65. The zero-order valence-electron chi connectivity index (χ0n) is 31.2. The van der Waals surface area contributed by atoms with Crippen LogP contribution in [-0.2, 0) is 14.9 Å². The third kappa shape index (κ3) is 8.62. The molecule has 0 aromatic heterocycles. The number of rotatable bonds is 12. The molecule has 2 amide bonds. The Bertz CT molecular complexity index is 1850. The predicted molar refractivity (Wildman–Crippen MR) is 217 cm³/mol. The molecule has 276 valence electrons. The van der Waals surface area contributed by atoms with Gasteiger partial charge in [0.2, 0.25) is 0 Å². The van der Waals surface area contributed by atoms with E-state index in [4.69, 9.17) is 22.1 Å². The lowest BCUT2D eigenvalue weighted by molar-refractivity contribution is 0.0312. The maximum atomic E-state index is 14.1. The average molecular weight is 730 g/mol. The minimum atomic E-state index is -0.763. The fraction of sp³-hybridized carbons (Fsp3) is 0.333. The molecule has 1 saturated heterocycles. The summed E-state index contributed by atoms with van der Waals surface area (Å²) < 4.78 is 11.5. The Balaban J connectivity index is 1.39. The number of benzene rings is 5. The molecule has 1 fully saturated rings. The number of fused-ring (bicyclic) bond motifs is 1. The first-order valence-corrected chi connectivity index (χ1v) is 19.0. The summed E-state index contributed by atoms with van der Waals surface area (Å²) in [4.78, 5) is 32.3. The average Bonchev–Trinajstić information content (AvgIpc) is 3.17. The normalized spacial score (nSPS) is 16.5. The maximum Gasteiger partial charge on any atom is 0.407 e. The molecular weight excluding hydrogens is 679 g/mol. The SMILES string of the molecule is COCC[C@H]1CN(C(=O)c2cccc3ccccc23)CCN1CC(NC(=O)OC(C)(C)C)C(S)C(c1ccccc1)(c1ccccc1)c1ccccc1. The molecule has 0 aliphatic carbocycles. The van der Waals surface area contributed by atoms with E-state index in [-0.39, 0.29) is 11.9 Å². The molecule has 7 nitrogen and oxygen atoms in total. The topological polar surface area (TPSA) is 71.1 Å². The summed E-state index contributed by atoms with van der Waals surface area (Å²) in [5.74, 6) is 0.0237. The molecular formula is C45H51N3O4S. The van der Waals surface area contributed by atoms with Crippen LogP contribution < -0.4 is 5.32 Å². The Morgan fingerprint density at radius 2 is 1.32 bits per heavy atom. The van der Waals surface area contributed by atoms with Gasteiger partial charge in [0.05, 0.1) is 11.5 Å². The molecule has 0 spiro atoms. The summed E-state index contributed by atoms with van der Waals surface area (Å²) in [6, 6.07) is 44.7. The minimum Gasteiger partial charge on any atom is -0.444 e. The Hall–Kier alpha value is -4.63. The molecule has 0 saturated carbocycles. The van der Waals surface area contributed by atoms with Crippen molar-refractivity contribution in [2.45, 2.75) is 55.5 Å². The number of hydrogen-bond donors (Lipinski definition) is 2. The van der Waals surface area contributed by atoms with Crippen LogP contribution in [0.3, 0.4) is 0 Å². The van der Waals surface area contributed by atoms with Gasteiger partial charge in [0.25, 0.3) is 5.91 Å². The molecule has 1 N–H and O–H groups in total. The summed E-state index contributed by atoms with van der Waals surface area (Å²) in [5.41, 5.74) is 2.45. The number of amides is 2. The highest BCUT2D eigenvalue weighted by molar-refractivity contribution is 7.81. The molecule has 1 aliphatic heterocycles. The van der Waals surface area contributed by atoms with E-state index in [1.165, 1.54) is 0 Å². The minimum absolute atomic E-state index is 0.0225. The van der Waals surface area contributed by atoms with Crippen molar-refractivity contribution in [1.29, 1.82) is 0 Å². The van der Waals surface area contributed by atoms with E-state index in [2.05, 4.69) is 83.0 Å². The first kappa shape index (κ1) is 38.1. The molecule has 5 aromatic carbocycles. The van der Waals surface area contributed by atoms with E-state index in [1.54, 1.807) is 7.11 Å². The van der Waals surface area contributed by atoms with E-state index in [0.717, 1.165) is 27.5 Å². The molecule has 3 atom stereocenters. The highest BCUT2D eigenvalue weighted by Gasteiger charge is 2.47. The van der Waals surface area contributed by atoms with Crippen molar-refractivity contribution in [3.05, 3.63) is 156 Å². The van der Waals surface area contributed by atoms with Gasteiger partial charge < -0.3 is 19.7 Å². The second-order valence-electron chi connectivity index (χ2n) is 14.8. The van der Waals surface area contributed by atoms with Gasteiger partial charge in [-0.15, -0.1) is 0 Å². The molecule has 53 heavy (non-hydrogen) atoms. The first-order chi connectivity index (χ1) is 25.6. The fourth-order valence-electron chi connectivity index (χ4n) is 7.78. The van der Waals surface area contributed by atoms with Gasteiger partial charge in [-0.25, -0.2) is 4.79 Å². The highest BCUT2D eigenvalue weighted by Crippen LogP contribution is 2.46. The number of ether oxygens (including phenoxy) is 2. The lowest BCUT2D eigenvalue weighted by Gasteiger charge is -2.47. The van der Waals surface area contributed by atoms with Crippen LogP contribution in [0.25, 0.3) is 10.8 Å². The van der Waals surface area contributed by atoms with Gasteiger partial charge in [-0.3, -0.25) is 9.69 Å². The van der Waals surface area contributed by atoms with Crippen molar-refractivity contribution in [3.63, 3.8) is 0 Å². The molecule has 1 aliphatic rings. The Labute approximate surface area is 319 Å². The summed E-state index contributed by atoms with van der Waals surface area (Å²) in [7, 11) is 1.71. The molecule has 2 unspecified atom stereocenters. The third-order valence-electron chi connectivity index (χ3n) is 10.2. The number of nitrogens with zero attached hydrogens (tertiary/aromatic N) is 2. The van der Waals surface area contributed by atoms with Gasteiger partial charge in [0.15, 0.2) is 0 Å². The number of alkyl carbamates (subject to hydrolysis) is 1. The summed E-state index contributed by atoms with van der Waals surface area (Å²) in [6.45, 7) is 8.32. The van der Waals surface area contributed by atoms with Crippen LogP contribution >= 0.6 is 12.6 Å². The van der Waals surface area contributed by atoms with Crippen molar-refractivity contribution >= 4 is 35.4 Å². The van der Waals surface area contributed by atoms with Crippen molar-refractivity contribution in [3.8, 4) is 0 Å². The van der Waals surface area contributed by atoms with Crippen LogP contribution in [0.5, 0.6) is 0 Å². The summed E-state index contributed by atoms with van der Waals surface area (Å²) in [6.07, 6.45) is 0.218. The van der Waals surface area contributed by atoms with Crippen LogP contribution in [0.4, 0.5) is 4.79 Å². The van der Waals surface area contributed by atoms with E-state index >= 15 is 0 Å². The molecule has 0 bridgehead atoms. The van der Waals surface area contributed by atoms with E-state index in [0.29, 0.717) is 44.8 Å². The number of piperazine rings is 1. The zero-order valence-corrected chi connectivity index (χ0v) is 32.0. The van der Waals surface area contributed by atoms with Gasteiger partial charge in [-0.05, 0) is 60.7 Å². The molecule has 1 heterocycles. The number of methoxy groups -OCH3 is 1. The van der Waals surface area contributed by atoms with Gasteiger partial charge in [-0.2, -0.15) is 12.6 Å². The number of carbonyl (C=O) groups excluding carboxylic acids is 2. The molecule has 8 heteroatoms. The van der Waals surface area contributed by atoms with Crippen LogP contribution in [0, 0.1) is 0 Å². The summed E-state index contributed by atoms with van der Waals surface area (Å²) in [5, 5.41) is 4.84. The Morgan fingerprint density at radius 3 is 1.89 bits per heavy atom. The number of hydrogen-bond acceptors (Lipinski definition) is 6.